The Hall–Kier alpha value is -0.610. The van der Waals surface area contributed by atoms with Crippen molar-refractivity contribution in [2.24, 2.45) is 0 Å². The molecule has 4 heteroatoms. The quantitative estimate of drug-likeness (QED) is 0.644. The third-order valence-corrected chi connectivity index (χ3v) is 2.06. The molecule has 2 atom stereocenters. The highest BCUT2D eigenvalue weighted by atomic mass is 16.5. The molecule has 0 saturated carbocycles. The molecule has 76 valence electrons. The van der Waals surface area contributed by atoms with Gasteiger partial charge in [-0.25, -0.2) is 0 Å². The summed E-state index contributed by atoms with van der Waals surface area (Å²) in [6.45, 7) is 5.54. The van der Waals surface area contributed by atoms with E-state index in [1.807, 2.05) is 13.8 Å². The van der Waals surface area contributed by atoms with Gasteiger partial charge in [-0.05, 0) is 20.3 Å². The Morgan fingerprint density at radius 1 is 1.77 bits per heavy atom. The number of esters is 1. The normalized spacial score (nSPS) is 24.3. The summed E-state index contributed by atoms with van der Waals surface area (Å²) in [7, 11) is 0. The number of hydrogen-bond donors (Lipinski definition) is 1. The molecule has 0 aromatic heterocycles. The Kier molecular flexibility index (Phi) is 4.18. The molecule has 0 aromatic rings. The molecule has 1 N–H and O–H groups in total. The highest BCUT2D eigenvalue weighted by molar-refractivity contribution is 5.75. The molecule has 0 aromatic carbocycles. The molecule has 1 saturated heterocycles. The zero-order valence-corrected chi connectivity index (χ0v) is 8.21. The van der Waals surface area contributed by atoms with Gasteiger partial charge in [-0.15, -0.1) is 0 Å². The van der Waals surface area contributed by atoms with Gasteiger partial charge in [0, 0.05) is 12.6 Å². The lowest BCUT2D eigenvalue weighted by Gasteiger charge is -2.16. The Bertz CT molecular complexity index is 166. The lowest BCUT2D eigenvalue weighted by molar-refractivity contribution is -0.145. The van der Waals surface area contributed by atoms with Crippen LogP contribution in [0.15, 0.2) is 0 Å². The van der Waals surface area contributed by atoms with Gasteiger partial charge in [0.05, 0.1) is 13.2 Å². The molecule has 13 heavy (non-hydrogen) atoms. The van der Waals surface area contributed by atoms with Gasteiger partial charge in [-0.1, -0.05) is 0 Å². The van der Waals surface area contributed by atoms with Gasteiger partial charge in [0.1, 0.15) is 6.04 Å². The van der Waals surface area contributed by atoms with Crippen LogP contribution in [-0.4, -0.2) is 37.9 Å². The first-order valence-electron chi connectivity index (χ1n) is 4.74. The molecule has 1 fully saturated rings. The van der Waals surface area contributed by atoms with E-state index in [2.05, 4.69) is 5.32 Å². The van der Waals surface area contributed by atoms with Crippen molar-refractivity contribution >= 4 is 5.97 Å². The number of carbonyl (C=O) groups excluding carboxylic acids is 1. The van der Waals surface area contributed by atoms with Crippen LogP contribution in [0.5, 0.6) is 0 Å². The van der Waals surface area contributed by atoms with Crippen LogP contribution in [-0.2, 0) is 14.3 Å². The molecule has 4 nitrogen and oxygen atoms in total. The predicted octanol–water partition coefficient (Wildman–Crippen LogP) is 0.317. The molecule has 0 spiro atoms. The highest BCUT2D eigenvalue weighted by Gasteiger charge is 2.21. The topological polar surface area (TPSA) is 47.6 Å². The Morgan fingerprint density at radius 2 is 2.54 bits per heavy atom. The van der Waals surface area contributed by atoms with E-state index in [4.69, 9.17) is 9.47 Å². The zero-order valence-electron chi connectivity index (χ0n) is 8.21. The van der Waals surface area contributed by atoms with E-state index in [0.29, 0.717) is 19.3 Å². The first kappa shape index (κ1) is 10.5. The van der Waals surface area contributed by atoms with Crippen molar-refractivity contribution in [1.29, 1.82) is 0 Å². The van der Waals surface area contributed by atoms with E-state index in [-0.39, 0.29) is 12.0 Å². The van der Waals surface area contributed by atoms with E-state index in [1.54, 1.807) is 0 Å². The minimum absolute atomic E-state index is 0.186. The molecular formula is C9H17NO3. The van der Waals surface area contributed by atoms with Crippen molar-refractivity contribution < 1.29 is 14.3 Å². The average molecular weight is 187 g/mol. The van der Waals surface area contributed by atoms with E-state index in [9.17, 15) is 4.79 Å². The standard InChI is InChI=1S/C9H17NO3/c1-3-13-9(11)7(2)10-8-4-5-12-6-8/h7-8,10H,3-6H2,1-2H3. The summed E-state index contributed by atoms with van der Waals surface area (Å²) in [5.41, 5.74) is 0. The van der Waals surface area contributed by atoms with Gasteiger partial charge in [0.25, 0.3) is 0 Å². The van der Waals surface area contributed by atoms with Gasteiger partial charge < -0.3 is 9.47 Å². The summed E-state index contributed by atoms with van der Waals surface area (Å²) < 4.78 is 10.1. The second-order valence-electron chi connectivity index (χ2n) is 3.20. The van der Waals surface area contributed by atoms with Crippen LogP contribution in [0.2, 0.25) is 0 Å². The van der Waals surface area contributed by atoms with Crippen molar-refractivity contribution in [3.8, 4) is 0 Å². The summed E-state index contributed by atoms with van der Waals surface area (Å²) in [5, 5.41) is 3.16. The molecule has 0 amide bonds. The van der Waals surface area contributed by atoms with Gasteiger partial charge in [-0.2, -0.15) is 0 Å². The lowest BCUT2D eigenvalue weighted by atomic mass is 10.2. The average Bonchev–Trinajstić information content (AvgIpc) is 2.57. The molecule has 1 aliphatic heterocycles. The van der Waals surface area contributed by atoms with Crippen LogP contribution in [0.1, 0.15) is 20.3 Å². The largest absolute Gasteiger partial charge is 0.465 e. The van der Waals surface area contributed by atoms with Crippen LogP contribution in [0.25, 0.3) is 0 Å². The Balaban J connectivity index is 2.22. The van der Waals surface area contributed by atoms with Gasteiger partial charge in [-0.3, -0.25) is 10.1 Å². The van der Waals surface area contributed by atoms with Crippen LogP contribution in [0.4, 0.5) is 0 Å². The van der Waals surface area contributed by atoms with Crippen molar-refractivity contribution in [3.63, 3.8) is 0 Å². The van der Waals surface area contributed by atoms with Crippen LogP contribution >= 0.6 is 0 Å². The molecule has 2 unspecified atom stereocenters. The lowest BCUT2D eigenvalue weighted by Crippen LogP contribution is -2.42. The summed E-state index contributed by atoms with van der Waals surface area (Å²) in [6.07, 6.45) is 0.976. The molecular weight excluding hydrogens is 170 g/mol. The Morgan fingerprint density at radius 3 is 3.08 bits per heavy atom. The smallest absolute Gasteiger partial charge is 0.322 e. The zero-order chi connectivity index (χ0) is 9.68. The summed E-state index contributed by atoms with van der Waals surface area (Å²) in [6, 6.07) is 0.0751. The molecule has 1 heterocycles. The van der Waals surface area contributed by atoms with Crippen LogP contribution in [0.3, 0.4) is 0 Å². The van der Waals surface area contributed by atoms with E-state index >= 15 is 0 Å². The third-order valence-electron chi connectivity index (χ3n) is 2.06. The maximum Gasteiger partial charge on any atom is 0.322 e. The minimum atomic E-state index is -0.230. The number of ether oxygens (including phenoxy) is 2. The highest BCUT2D eigenvalue weighted by Crippen LogP contribution is 2.04. The molecule has 1 aliphatic rings. The van der Waals surface area contributed by atoms with Gasteiger partial charge in [0.15, 0.2) is 0 Å². The van der Waals surface area contributed by atoms with Crippen LogP contribution < -0.4 is 5.32 Å². The molecule has 1 rings (SSSR count). The summed E-state index contributed by atoms with van der Waals surface area (Å²) >= 11 is 0. The fourth-order valence-corrected chi connectivity index (χ4v) is 1.35. The fraction of sp³-hybridized carbons (Fsp3) is 0.889. The molecule has 0 radical (unpaired) electrons. The first-order valence-corrected chi connectivity index (χ1v) is 4.74. The van der Waals surface area contributed by atoms with Crippen LogP contribution in [0, 0.1) is 0 Å². The molecule has 0 aliphatic carbocycles. The van der Waals surface area contributed by atoms with Crippen molar-refractivity contribution in [3.05, 3.63) is 0 Å². The number of nitrogens with one attached hydrogen (secondary N) is 1. The van der Waals surface area contributed by atoms with Crippen molar-refractivity contribution in [2.75, 3.05) is 19.8 Å². The SMILES string of the molecule is CCOC(=O)C(C)NC1CCOC1. The number of hydrogen-bond acceptors (Lipinski definition) is 4. The molecule has 0 bridgehead atoms. The van der Waals surface area contributed by atoms with E-state index in [0.717, 1.165) is 13.0 Å². The minimum Gasteiger partial charge on any atom is -0.465 e. The fourth-order valence-electron chi connectivity index (χ4n) is 1.35. The second kappa shape index (κ2) is 5.19. The van der Waals surface area contributed by atoms with Crippen molar-refractivity contribution in [1.82, 2.24) is 5.32 Å². The monoisotopic (exact) mass is 187 g/mol. The number of rotatable bonds is 4. The van der Waals surface area contributed by atoms with Gasteiger partial charge in [0.2, 0.25) is 0 Å². The third kappa shape index (κ3) is 3.32. The van der Waals surface area contributed by atoms with Gasteiger partial charge >= 0.3 is 5.97 Å². The predicted molar refractivity (Wildman–Crippen MR) is 48.5 cm³/mol. The summed E-state index contributed by atoms with van der Waals surface area (Å²) in [5.74, 6) is -0.186. The maximum atomic E-state index is 11.2. The summed E-state index contributed by atoms with van der Waals surface area (Å²) in [4.78, 5) is 11.2. The number of carbonyl (C=O) groups is 1. The van der Waals surface area contributed by atoms with Crippen molar-refractivity contribution in [2.45, 2.75) is 32.4 Å². The van der Waals surface area contributed by atoms with E-state index in [1.165, 1.54) is 0 Å². The first-order chi connectivity index (χ1) is 6.24. The maximum absolute atomic E-state index is 11.2. The Labute approximate surface area is 78.6 Å². The second-order valence-corrected chi connectivity index (χ2v) is 3.20. The van der Waals surface area contributed by atoms with E-state index < -0.39 is 0 Å².